The van der Waals surface area contributed by atoms with Crippen LogP contribution in [0.15, 0.2) is 0 Å². The van der Waals surface area contributed by atoms with Crippen LogP contribution in [-0.4, -0.2) is 127 Å². The molecule has 0 radical (unpaired) electrons. The van der Waals surface area contributed by atoms with Crippen LogP contribution in [0.1, 0.15) is 45.4 Å². The molecule has 0 aromatic heterocycles. The van der Waals surface area contributed by atoms with Crippen molar-refractivity contribution in [1.82, 2.24) is 10.2 Å². The van der Waals surface area contributed by atoms with Crippen molar-refractivity contribution < 1.29 is 47.5 Å². The van der Waals surface area contributed by atoms with Crippen molar-refractivity contribution in [2.45, 2.75) is 135 Å². The minimum Gasteiger partial charge on any atom is -0.417 e. The Hall–Kier alpha value is -0.512. The van der Waals surface area contributed by atoms with E-state index < -0.39 is 70.7 Å². The van der Waals surface area contributed by atoms with Crippen molar-refractivity contribution in [1.29, 1.82) is 0 Å². The van der Waals surface area contributed by atoms with Gasteiger partial charge in [0.1, 0.15) is 18.3 Å². The van der Waals surface area contributed by atoms with Crippen LogP contribution in [0.25, 0.3) is 0 Å². The number of aliphatic hydroxyl groups is 5. The van der Waals surface area contributed by atoms with Crippen molar-refractivity contribution in [3.63, 3.8) is 0 Å². The van der Waals surface area contributed by atoms with Crippen LogP contribution in [0, 0.1) is 0 Å². The van der Waals surface area contributed by atoms with E-state index in [1.807, 2.05) is 6.92 Å². The Morgan fingerprint density at radius 3 is 1.70 bits per heavy atom. The highest BCUT2D eigenvalue weighted by molar-refractivity contribution is 6.90. The maximum absolute atomic E-state index is 12.7. The average molecular weight is 687 g/mol. The molecule has 0 saturated carbocycles. The Kier molecular flexibility index (Phi) is 19.0. The Morgan fingerprint density at radius 1 is 0.744 bits per heavy atom. The molecular formula is C27H62N2O10Si4. The van der Waals surface area contributed by atoms with Crippen LogP contribution in [0.3, 0.4) is 0 Å². The summed E-state index contributed by atoms with van der Waals surface area (Å²) < 4.78 is 20.1. The van der Waals surface area contributed by atoms with Gasteiger partial charge in [-0.15, -0.1) is 0 Å². The molecule has 2 amide bonds. The van der Waals surface area contributed by atoms with Crippen LogP contribution in [0.4, 0.5) is 0 Å². The number of nitrogens with zero attached hydrogens (tertiary/aromatic N) is 1. The molecule has 4 atom stereocenters. The first-order valence-electron chi connectivity index (χ1n) is 15.6. The third-order valence-electron chi connectivity index (χ3n) is 6.01. The first-order valence-corrected chi connectivity index (χ1v) is 27.7. The van der Waals surface area contributed by atoms with Crippen molar-refractivity contribution in [2.24, 2.45) is 0 Å². The van der Waals surface area contributed by atoms with Gasteiger partial charge in [0.2, 0.25) is 5.91 Å². The van der Waals surface area contributed by atoms with E-state index in [2.05, 4.69) is 64.2 Å². The molecule has 43 heavy (non-hydrogen) atoms. The number of hydrogen-bond donors (Lipinski definition) is 6. The average Bonchev–Trinajstić information content (AvgIpc) is 2.84. The lowest BCUT2D eigenvalue weighted by molar-refractivity contribution is -0.158. The van der Waals surface area contributed by atoms with E-state index in [0.29, 0.717) is 64.2 Å². The number of hydrogen-bond acceptors (Lipinski definition) is 10. The van der Waals surface area contributed by atoms with Crippen molar-refractivity contribution in [3.05, 3.63) is 0 Å². The van der Waals surface area contributed by atoms with Gasteiger partial charge < -0.3 is 48.1 Å². The minimum atomic E-state index is -2.94. The van der Waals surface area contributed by atoms with Crippen LogP contribution in [0.5, 0.6) is 0 Å². The zero-order valence-electron chi connectivity index (χ0n) is 28.3. The number of aliphatic hydroxyl groups excluding tert-OH is 5. The Labute approximate surface area is 263 Å². The fourth-order valence-corrected chi connectivity index (χ4v) is 19.1. The molecule has 12 nitrogen and oxygen atoms in total. The van der Waals surface area contributed by atoms with Gasteiger partial charge in [0.05, 0.1) is 6.61 Å². The molecule has 6 N–H and O–H groups in total. The first-order chi connectivity index (χ1) is 19.6. The summed E-state index contributed by atoms with van der Waals surface area (Å²) in [7, 11) is -8.80. The molecular weight excluding hydrogens is 625 g/mol. The zero-order chi connectivity index (χ0) is 33.6. The lowest BCUT2D eigenvalue weighted by Gasteiger charge is -2.43. The smallest absolute Gasteiger partial charge is 0.417 e. The van der Waals surface area contributed by atoms with Crippen LogP contribution >= 0.6 is 0 Å². The molecule has 0 aliphatic rings. The Bertz CT molecular complexity index is 780. The summed E-state index contributed by atoms with van der Waals surface area (Å²) in [6, 6.07) is 0.657. The van der Waals surface area contributed by atoms with Gasteiger partial charge in [-0.05, 0) is 84.6 Å². The summed E-state index contributed by atoms with van der Waals surface area (Å²) in [6.07, 6.45) is -3.84. The van der Waals surface area contributed by atoms with Crippen LogP contribution in [-0.2, 0) is 21.9 Å². The molecule has 0 spiro atoms. The topological polar surface area (TPSA) is 178 Å². The summed E-state index contributed by atoms with van der Waals surface area (Å²) >= 11 is 0. The molecule has 256 valence electrons. The highest BCUT2D eigenvalue weighted by atomic mass is 28.5. The number of unbranched alkanes of at least 4 members (excludes halogenated alkanes) is 2. The molecule has 16 heteroatoms. The third-order valence-corrected chi connectivity index (χ3v) is 18.1. The molecule has 0 rings (SSSR count). The van der Waals surface area contributed by atoms with Gasteiger partial charge in [-0.2, -0.15) is 0 Å². The Balaban J connectivity index is 4.83. The molecule has 0 fully saturated rings. The fourth-order valence-electron chi connectivity index (χ4n) is 4.46. The van der Waals surface area contributed by atoms with Crippen molar-refractivity contribution in [3.8, 4) is 0 Å². The van der Waals surface area contributed by atoms with E-state index >= 15 is 0 Å². The highest BCUT2D eigenvalue weighted by Crippen LogP contribution is 2.29. The summed E-state index contributed by atoms with van der Waals surface area (Å²) in [6.45, 7) is 21.5. The van der Waals surface area contributed by atoms with Gasteiger partial charge in [-0.3, -0.25) is 9.59 Å². The summed E-state index contributed by atoms with van der Waals surface area (Å²) in [5, 5.41) is 51.5. The van der Waals surface area contributed by atoms with E-state index in [-0.39, 0.29) is 5.91 Å². The van der Waals surface area contributed by atoms with Gasteiger partial charge in [0, 0.05) is 32.1 Å². The number of carbonyl (C=O) groups is 2. The van der Waals surface area contributed by atoms with Gasteiger partial charge in [-0.25, -0.2) is 0 Å². The van der Waals surface area contributed by atoms with E-state index in [1.54, 1.807) is 0 Å². The maximum atomic E-state index is 12.7. The second kappa shape index (κ2) is 19.2. The maximum Gasteiger partial charge on any atom is 0.469 e. The van der Waals surface area contributed by atoms with Crippen molar-refractivity contribution >= 4 is 45.6 Å². The standard InChI is InChI=1S/C27H62N2O10Si4/c1-11-18-29(27(36)26(35)25(34)24(33)22(31)21-30)19-14-12-13-16-23(32)28-17-15-20-43(37-40(2,3)4,38-41(5,6)7)39-42(8,9)10/h22,24-26,30-31,33-35H,11-21H2,1-10H3,(H,28,32)/t22-,24-,25-,26+/m0/s1. The van der Waals surface area contributed by atoms with E-state index in [1.165, 1.54) is 4.90 Å². The normalized spacial score (nSPS) is 16.0. The largest absolute Gasteiger partial charge is 0.469 e. The van der Waals surface area contributed by atoms with Gasteiger partial charge >= 0.3 is 8.80 Å². The minimum absolute atomic E-state index is 0.0490. The molecule has 0 heterocycles. The number of rotatable bonds is 23. The summed E-state index contributed by atoms with van der Waals surface area (Å²) in [5.41, 5.74) is 0. The molecule has 0 aromatic carbocycles. The molecule has 0 aliphatic carbocycles. The first kappa shape index (κ1) is 42.5. The number of nitrogens with one attached hydrogen (secondary N) is 1. The highest BCUT2D eigenvalue weighted by Gasteiger charge is 2.49. The van der Waals surface area contributed by atoms with E-state index in [4.69, 9.17) is 17.5 Å². The molecule has 0 unspecified atom stereocenters. The quantitative estimate of drug-likeness (QED) is 0.0690. The van der Waals surface area contributed by atoms with Crippen LogP contribution in [0.2, 0.25) is 65.0 Å². The zero-order valence-corrected chi connectivity index (χ0v) is 32.3. The Morgan fingerprint density at radius 2 is 1.26 bits per heavy atom. The molecule has 0 bridgehead atoms. The molecule has 0 aromatic rings. The fraction of sp³-hybridized carbons (Fsp3) is 0.926. The molecule has 0 aliphatic heterocycles. The SMILES string of the molecule is CCCN(CCCCCC(=O)NCCC[Si](O[Si](C)(C)C)(O[Si](C)(C)C)O[Si](C)(C)C)C(=O)[C@H](O)[C@@H](O)[C@@H](O)[C@@H](O)CO. The predicted octanol–water partition coefficient (Wildman–Crippen LogP) is 2.22. The monoisotopic (exact) mass is 686 g/mol. The second-order valence-corrected chi connectivity index (χ2v) is 31.1. The second-order valence-electron chi connectivity index (χ2n) is 14.1. The lowest BCUT2D eigenvalue weighted by atomic mass is 10.0. The van der Waals surface area contributed by atoms with E-state index in [0.717, 1.165) is 0 Å². The third kappa shape index (κ3) is 18.9. The van der Waals surface area contributed by atoms with Crippen molar-refractivity contribution in [2.75, 3.05) is 26.2 Å². The number of amides is 2. The van der Waals surface area contributed by atoms with Gasteiger partial charge in [0.15, 0.2) is 31.1 Å². The summed E-state index contributed by atoms with van der Waals surface area (Å²) in [5.74, 6) is -0.808. The van der Waals surface area contributed by atoms with Gasteiger partial charge in [-0.1, -0.05) is 13.3 Å². The summed E-state index contributed by atoms with van der Waals surface area (Å²) in [4.78, 5) is 26.6. The lowest BCUT2D eigenvalue weighted by Crippen LogP contribution is -2.60. The predicted molar refractivity (Wildman–Crippen MR) is 178 cm³/mol. The van der Waals surface area contributed by atoms with E-state index in [9.17, 15) is 30.0 Å². The van der Waals surface area contributed by atoms with Crippen LogP contribution < -0.4 is 5.32 Å². The van der Waals surface area contributed by atoms with Gasteiger partial charge in [0.25, 0.3) is 5.91 Å². The number of carbonyl (C=O) groups excluding carboxylic acids is 2. The molecule has 0 saturated heterocycles.